The first-order chi connectivity index (χ1) is 15.3. The number of fused-ring (bicyclic) bond motifs is 2. The highest BCUT2D eigenvalue weighted by Gasteiger charge is 2.37. The summed E-state index contributed by atoms with van der Waals surface area (Å²) in [6, 6.07) is 2.86. The molecule has 0 bridgehead atoms. The number of hydrogen-bond donors (Lipinski definition) is 1. The summed E-state index contributed by atoms with van der Waals surface area (Å²) < 4.78 is 21.5. The van der Waals surface area contributed by atoms with Gasteiger partial charge in [0, 0.05) is 29.7 Å². The smallest absolute Gasteiger partial charge is 0.276 e. The number of aromatic nitrogens is 3. The molecule has 3 aromatic rings. The van der Waals surface area contributed by atoms with Crippen molar-refractivity contribution in [2.24, 2.45) is 0 Å². The van der Waals surface area contributed by atoms with Crippen molar-refractivity contribution in [3.05, 3.63) is 60.7 Å². The van der Waals surface area contributed by atoms with Crippen LogP contribution in [0.2, 0.25) is 10.0 Å². The summed E-state index contributed by atoms with van der Waals surface area (Å²) in [6.45, 7) is 1.31. The lowest BCUT2D eigenvalue weighted by molar-refractivity contribution is -0.0919. The molecule has 0 saturated carbocycles. The summed E-state index contributed by atoms with van der Waals surface area (Å²) in [5.74, 6) is -1.73. The number of amides is 1. The number of rotatable bonds is 3. The molecule has 1 fully saturated rings. The van der Waals surface area contributed by atoms with Gasteiger partial charge < -0.3 is 19.3 Å². The van der Waals surface area contributed by atoms with Gasteiger partial charge in [0.15, 0.2) is 22.7 Å². The van der Waals surface area contributed by atoms with Crippen molar-refractivity contribution in [2.75, 3.05) is 13.2 Å². The minimum Gasteiger partial charge on any atom is -0.503 e. The van der Waals surface area contributed by atoms with E-state index in [1.165, 1.54) is 27.8 Å². The van der Waals surface area contributed by atoms with E-state index < -0.39 is 29.1 Å². The van der Waals surface area contributed by atoms with E-state index in [9.17, 15) is 19.1 Å². The zero-order valence-electron chi connectivity index (χ0n) is 16.3. The topological polar surface area (TPSA) is 97.5 Å². The van der Waals surface area contributed by atoms with E-state index >= 15 is 0 Å². The van der Waals surface area contributed by atoms with Gasteiger partial charge >= 0.3 is 0 Å². The minimum atomic E-state index is -0.726. The number of halogens is 3. The van der Waals surface area contributed by atoms with Crippen LogP contribution in [0.1, 0.15) is 27.5 Å². The lowest BCUT2D eigenvalue weighted by Gasteiger charge is -2.40. The summed E-state index contributed by atoms with van der Waals surface area (Å²) in [5.41, 5.74) is -0.537. The molecular formula is C20H15Cl2FN4O4S. The Morgan fingerprint density at radius 2 is 2.03 bits per heavy atom. The van der Waals surface area contributed by atoms with Gasteiger partial charge in [0.25, 0.3) is 5.91 Å². The zero-order valence-corrected chi connectivity index (χ0v) is 18.7. The molecule has 1 amide bonds. The summed E-state index contributed by atoms with van der Waals surface area (Å²) >= 11 is 13.0. The lowest BCUT2D eigenvalue weighted by atomic mass is 10.1. The SMILES string of the molecule is O=C1c2c(O)c(=O)c(-c3nnc(Cc4c(Cl)ccc(Cl)c4F)s3)cn2CC2OCCCN12. The molecule has 5 rings (SSSR count). The Balaban J connectivity index is 1.52. The molecule has 2 aliphatic heterocycles. The third kappa shape index (κ3) is 3.47. The highest BCUT2D eigenvalue weighted by molar-refractivity contribution is 7.14. The fourth-order valence-corrected chi connectivity index (χ4v) is 5.11. The molecule has 2 aliphatic rings. The third-order valence-corrected chi connectivity index (χ3v) is 7.04. The van der Waals surface area contributed by atoms with Gasteiger partial charge in [-0.1, -0.05) is 34.5 Å². The Hall–Kier alpha value is -2.53. The first-order valence-electron chi connectivity index (χ1n) is 9.69. The van der Waals surface area contributed by atoms with Crippen molar-refractivity contribution in [1.29, 1.82) is 0 Å². The van der Waals surface area contributed by atoms with Crippen LogP contribution in [0.25, 0.3) is 10.6 Å². The average Bonchev–Trinajstić information content (AvgIpc) is 3.25. The van der Waals surface area contributed by atoms with Crippen LogP contribution in [0, 0.1) is 5.82 Å². The maximum absolute atomic E-state index is 14.4. The molecule has 166 valence electrons. The van der Waals surface area contributed by atoms with Gasteiger partial charge in [0.2, 0.25) is 5.43 Å². The van der Waals surface area contributed by atoms with Crippen LogP contribution in [0.3, 0.4) is 0 Å². The van der Waals surface area contributed by atoms with Gasteiger partial charge in [-0.3, -0.25) is 9.59 Å². The molecule has 4 heterocycles. The highest BCUT2D eigenvalue weighted by Crippen LogP contribution is 2.32. The van der Waals surface area contributed by atoms with Gasteiger partial charge in [-0.05, 0) is 18.6 Å². The summed E-state index contributed by atoms with van der Waals surface area (Å²) in [5, 5.41) is 19.4. The normalized spacial score (nSPS) is 17.9. The maximum Gasteiger partial charge on any atom is 0.276 e. The summed E-state index contributed by atoms with van der Waals surface area (Å²) in [4.78, 5) is 27.2. The first kappa shape index (κ1) is 21.3. The Kier molecular flexibility index (Phi) is 5.40. The van der Waals surface area contributed by atoms with E-state index in [2.05, 4.69) is 10.2 Å². The molecule has 1 unspecified atom stereocenters. The van der Waals surface area contributed by atoms with Crippen molar-refractivity contribution < 1.29 is 19.0 Å². The summed E-state index contributed by atoms with van der Waals surface area (Å²) in [6.07, 6.45) is 1.74. The van der Waals surface area contributed by atoms with Gasteiger partial charge in [-0.15, -0.1) is 10.2 Å². The number of carbonyl (C=O) groups is 1. The molecule has 1 atom stereocenters. The van der Waals surface area contributed by atoms with E-state index in [0.717, 1.165) is 11.3 Å². The lowest BCUT2D eigenvalue weighted by Crippen LogP contribution is -2.53. The molecule has 8 nitrogen and oxygen atoms in total. The predicted octanol–water partition coefficient (Wildman–Crippen LogP) is 3.31. The molecule has 2 aromatic heterocycles. The fraction of sp³-hybridized carbons (Fsp3) is 0.300. The van der Waals surface area contributed by atoms with Gasteiger partial charge in [-0.25, -0.2) is 4.39 Å². The van der Waals surface area contributed by atoms with Crippen LogP contribution in [0.4, 0.5) is 4.39 Å². The molecule has 0 aliphatic carbocycles. The van der Waals surface area contributed by atoms with Crippen molar-refractivity contribution in [2.45, 2.75) is 25.6 Å². The second kappa shape index (κ2) is 8.11. The Morgan fingerprint density at radius 3 is 2.84 bits per heavy atom. The molecule has 32 heavy (non-hydrogen) atoms. The number of nitrogens with zero attached hydrogens (tertiary/aromatic N) is 4. The third-order valence-electron chi connectivity index (χ3n) is 5.44. The highest BCUT2D eigenvalue weighted by atomic mass is 35.5. The van der Waals surface area contributed by atoms with Crippen molar-refractivity contribution >= 4 is 40.4 Å². The largest absolute Gasteiger partial charge is 0.503 e. The van der Waals surface area contributed by atoms with Crippen LogP contribution < -0.4 is 5.43 Å². The molecule has 12 heteroatoms. The van der Waals surface area contributed by atoms with Crippen LogP contribution >= 0.6 is 34.5 Å². The van der Waals surface area contributed by atoms with Gasteiger partial charge in [-0.2, -0.15) is 0 Å². The van der Waals surface area contributed by atoms with Crippen LogP contribution in [-0.2, 0) is 17.7 Å². The second-order valence-corrected chi connectivity index (χ2v) is 9.27. The van der Waals surface area contributed by atoms with Gasteiger partial charge in [0.05, 0.1) is 23.7 Å². The van der Waals surface area contributed by atoms with Crippen molar-refractivity contribution in [1.82, 2.24) is 19.7 Å². The fourth-order valence-electron chi connectivity index (χ4n) is 3.86. The van der Waals surface area contributed by atoms with Crippen LogP contribution in [0.5, 0.6) is 5.75 Å². The number of carbonyl (C=O) groups excluding carboxylic acids is 1. The van der Waals surface area contributed by atoms with E-state index in [0.29, 0.717) is 24.6 Å². The number of aromatic hydroxyl groups is 1. The average molecular weight is 497 g/mol. The van der Waals surface area contributed by atoms with E-state index in [1.54, 1.807) is 0 Å². The molecule has 0 radical (unpaired) electrons. The van der Waals surface area contributed by atoms with E-state index in [4.69, 9.17) is 27.9 Å². The minimum absolute atomic E-state index is 0.0323. The molecule has 1 saturated heterocycles. The number of pyridine rings is 1. The van der Waals surface area contributed by atoms with Gasteiger partial charge in [0.1, 0.15) is 10.8 Å². The standard InChI is InChI=1S/C20H15Cl2FN4O4S/c21-11-2-3-12(22)15(23)9(11)6-13-24-25-19(32-13)10-7-26-8-14-27(4-1-5-31-14)20(30)16(26)18(29)17(10)28/h2-3,7,14,29H,1,4-6,8H2. The zero-order chi connectivity index (χ0) is 22.6. The van der Waals surface area contributed by atoms with Crippen molar-refractivity contribution in [3.63, 3.8) is 0 Å². The quantitative estimate of drug-likeness (QED) is 0.558. The van der Waals surface area contributed by atoms with E-state index in [-0.39, 0.29) is 44.8 Å². The monoisotopic (exact) mass is 496 g/mol. The molecule has 0 spiro atoms. The van der Waals surface area contributed by atoms with Crippen molar-refractivity contribution in [3.8, 4) is 16.3 Å². The second-order valence-electron chi connectivity index (χ2n) is 7.40. The number of ether oxygens (including phenoxy) is 1. The predicted molar refractivity (Wildman–Crippen MR) is 116 cm³/mol. The Morgan fingerprint density at radius 1 is 1.25 bits per heavy atom. The first-order valence-corrected chi connectivity index (χ1v) is 11.3. The Labute approximate surface area is 194 Å². The molecular weight excluding hydrogens is 482 g/mol. The van der Waals surface area contributed by atoms with Crippen LogP contribution in [0.15, 0.2) is 23.1 Å². The number of hydrogen-bond acceptors (Lipinski definition) is 7. The van der Waals surface area contributed by atoms with Crippen LogP contribution in [-0.4, -0.2) is 50.1 Å². The maximum atomic E-state index is 14.4. The molecule has 1 aromatic carbocycles. The van der Waals surface area contributed by atoms with E-state index in [1.807, 2.05) is 0 Å². The summed E-state index contributed by atoms with van der Waals surface area (Å²) in [7, 11) is 0. The molecule has 1 N–H and O–H groups in total. The number of benzene rings is 1. The Bertz CT molecular complexity index is 1310.